The zero-order chi connectivity index (χ0) is 13.8. The molecule has 0 saturated heterocycles. The number of para-hydroxylation sites is 1. The van der Waals surface area contributed by atoms with Gasteiger partial charge < -0.3 is 14.8 Å². The van der Waals surface area contributed by atoms with Gasteiger partial charge in [-0.3, -0.25) is 0 Å². The molecule has 3 rings (SSSR count). The first-order valence-electron chi connectivity index (χ1n) is 6.65. The first-order valence-corrected chi connectivity index (χ1v) is 7.03. The van der Waals surface area contributed by atoms with E-state index in [9.17, 15) is 0 Å². The van der Waals surface area contributed by atoms with Crippen LogP contribution in [0.5, 0.6) is 11.5 Å². The SMILES string of the molecule is Clc1ccc(CCNCc2cccc3c2OCO3)cc1. The van der Waals surface area contributed by atoms with E-state index >= 15 is 0 Å². The monoisotopic (exact) mass is 289 g/mol. The first kappa shape index (κ1) is 13.3. The Bertz CT molecular complexity index is 584. The molecule has 2 aromatic rings. The molecule has 0 bridgehead atoms. The Morgan fingerprint density at radius 3 is 2.75 bits per heavy atom. The predicted molar refractivity (Wildman–Crippen MR) is 79.4 cm³/mol. The summed E-state index contributed by atoms with van der Waals surface area (Å²) in [5.74, 6) is 1.70. The molecule has 0 saturated carbocycles. The molecular formula is C16H16ClNO2. The normalized spacial score (nSPS) is 12.7. The number of rotatable bonds is 5. The second-order valence-corrected chi connectivity index (χ2v) is 5.14. The maximum Gasteiger partial charge on any atom is 0.231 e. The molecule has 1 aliphatic heterocycles. The third-order valence-corrected chi connectivity index (χ3v) is 3.55. The average molecular weight is 290 g/mol. The summed E-state index contributed by atoms with van der Waals surface area (Å²) in [6.45, 7) is 2.00. The highest BCUT2D eigenvalue weighted by Gasteiger charge is 2.16. The number of halogens is 1. The van der Waals surface area contributed by atoms with E-state index in [2.05, 4.69) is 23.5 Å². The van der Waals surface area contributed by atoms with Gasteiger partial charge in [-0.15, -0.1) is 0 Å². The molecule has 0 aliphatic carbocycles. The van der Waals surface area contributed by atoms with Crippen LogP contribution < -0.4 is 14.8 Å². The van der Waals surface area contributed by atoms with Crippen molar-refractivity contribution in [2.75, 3.05) is 13.3 Å². The maximum absolute atomic E-state index is 5.87. The average Bonchev–Trinajstić information content (AvgIpc) is 2.94. The molecule has 1 N–H and O–H groups in total. The van der Waals surface area contributed by atoms with E-state index in [0.717, 1.165) is 41.6 Å². The largest absolute Gasteiger partial charge is 0.454 e. The second-order valence-electron chi connectivity index (χ2n) is 4.70. The van der Waals surface area contributed by atoms with Gasteiger partial charge in [0.2, 0.25) is 6.79 Å². The van der Waals surface area contributed by atoms with E-state index in [1.54, 1.807) is 0 Å². The van der Waals surface area contributed by atoms with Gasteiger partial charge in [0.15, 0.2) is 11.5 Å². The smallest absolute Gasteiger partial charge is 0.231 e. The summed E-state index contributed by atoms with van der Waals surface area (Å²) in [7, 11) is 0. The molecule has 4 heteroatoms. The van der Waals surface area contributed by atoms with Gasteiger partial charge in [0.1, 0.15) is 0 Å². The molecule has 0 spiro atoms. The number of fused-ring (bicyclic) bond motifs is 1. The lowest BCUT2D eigenvalue weighted by Gasteiger charge is -2.08. The Morgan fingerprint density at radius 1 is 1.05 bits per heavy atom. The van der Waals surface area contributed by atoms with Crippen LogP contribution in [0.2, 0.25) is 5.02 Å². The highest BCUT2D eigenvalue weighted by atomic mass is 35.5. The van der Waals surface area contributed by atoms with E-state index < -0.39 is 0 Å². The van der Waals surface area contributed by atoms with Crippen LogP contribution in [0.15, 0.2) is 42.5 Å². The molecule has 0 fully saturated rings. The third kappa shape index (κ3) is 3.06. The van der Waals surface area contributed by atoms with Crippen molar-refractivity contribution in [1.82, 2.24) is 5.32 Å². The number of ether oxygens (including phenoxy) is 2. The third-order valence-electron chi connectivity index (χ3n) is 3.30. The predicted octanol–water partition coefficient (Wildman–Crippen LogP) is 3.40. The molecule has 0 radical (unpaired) electrons. The van der Waals surface area contributed by atoms with E-state index in [0.29, 0.717) is 6.79 Å². The highest BCUT2D eigenvalue weighted by molar-refractivity contribution is 6.30. The molecule has 3 nitrogen and oxygen atoms in total. The molecule has 0 amide bonds. The lowest BCUT2D eigenvalue weighted by molar-refractivity contribution is 0.173. The fourth-order valence-corrected chi connectivity index (χ4v) is 2.36. The van der Waals surface area contributed by atoms with Crippen LogP contribution >= 0.6 is 11.6 Å². The minimum Gasteiger partial charge on any atom is -0.454 e. The van der Waals surface area contributed by atoms with Crippen LogP contribution in [0.25, 0.3) is 0 Å². The lowest BCUT2D eigenvalue weighted by Crippen LogP contribution is -2.17. The summed E-state index contributed by atoms with van der Waals surface area (Å²) in [6.07, 6.45) is 0.976. The molecule has 1 heterocycles. The van der Waals surface area contributed by atoms with E-state index in [1.165, 1.54) is 5.56 Å². The van der Waals surface area contributed by atoms with Crippen LogP contribution in [-0.4, -0.2) is 13.3 Å². The Morgan fingerprint density at radius 2 is 1.90 bits per heavy atom. The van der Waals surface area contributed by atoms with Crippen LogP contribution in [0.4, 0.5) is 0 Å². The summed E-state index contributed by atoms with van der Waals surface area (Å²) >= 11 is 5.87. The molecule has 20 heavy (non-hydrogen) atoms. The van der Waals surface area contributed by atoms with Crippen molar-refractivity contribution in [2.24, 2.45) is 0 Å². The van der Waals surface area contributed by atoms with Gasteiger partial charge in [0.25, 0.3) is 0 Å². The quantitative estimate of drug-likeness (QED) is 0.856. The Hall–Kier alpha value is -1.71. The van der Waals surface area contributed by atoms with Gasteiger partial charge in [-0.25, -0.2) is 0 Å². The number of hydrogen-bond acceptors (Lipinski definition) is 3. The van der Waals surface area contributed by atoms with Crippen molar-refractivity contribution in [3.8, 4) is 11.5 Å². The molecule has 104 valence electrons. The van der Waals surface area contributed by atoms with Crippen molar-refractivity contribution in [1.29, 1.82) is 0 Å². The Labute approximate surface area is 123 Å². The van der Waals surface area contributed by atoms with Gasteiger partial charge in [0, 0.05) is 17.1 Å². The zero-order valence-electron chi connectivity index (χ0n) is 11.1. The minimum absolute atomic E-state index is 0.317. The minimum atomic E-state index is 0.317. The van der Waals surface area contributed by atoms with Crippen LogP contribution in [0.1, 0.15) is 11.1 Å². The number of benzene rings is 2. The lowest BCUT2D eigenvalue weighted by atomic mass is 10.1. The molecule has 2 aromatic carbocycles. The summed E-state index contributed by atoms with van der Waals surface area (Å²) < 4.78 is 10.8. The van der Waals surface area contributed by atoms with Gasteiger partial charge in [-0.1, -0.05) is 35.9 Å². The van der Waals surface area contributed by atoms with E-state index in [1.807, 2.05) is 24.3 Å². The summed E-state index contributed by atoms with van der Waals surface area (Å²) in [5.41, 5.74) is 2.41. The first-order chi connectivity index (χ1) is 9.83. The van der Waals surface area contributed by atoms with Crippen molar-refractivity contribution < 1.29 is 9.47 Å². The van der Waals surface area contributed by atoms with E-state index in [4.69, 9.17) is 21.1 Å². The number of hydrogen-bond donors (Lipinski definition) is 1. The standard InChI is InChI=1S/C16H16ClNO2/c17-14-6-4-12(5-7-14)8-9-18-10-13-2-1-3-15-16(13)20-11-19-15/h1-7,18H,8-11H2. The molecule has 0 atom stereocenters. The highest BCUT2D eigenvalue weighted by Crippen LogP contribution is 2.35. The second kappa shape index (κ2) is 6.16. The molecule has 0 aromatic heterocycles. The van der Waals surface area contributed by atoms with Crippen molar-refractivity contribution in [3.63, 3.8) is 0 Å². The fourth-order valence-electron chi connectivity index (χ4n) is 2.24. The fraction of sp³-hybridized carbons (Fsp3) is 0.250. The van der Waals surface area contributed by atoms with E-state index in [-0.39, 0.29) is 0 Å². The van der Waals surface area contributed by atoms with Gasteiger partial charge in [-0.05, 0) is 36.7 Å². The van der Waals surface area contributed by atoms with Crippen molar-refractivity contribution in [3.05, 3.63) is 58.6 Å². The summed E-state index contributed by atoms with van der Waals surface area (Å²) in [6, 6.07) is 13.9. The summed E-state index contributed by atoms with van der Waals surface area (Å²) in [5, 5.41) is 4.20. The summed E-state index contributed by atoms with van der Waals surface area (Å²) in [4.78, 5) is 0. The molecule has 1 aliphatic rings. The topological polar surface area (TPSA) is 30.5 Å². The van der Waals surface area contributed by atoms with Crippen LogP contribution in [0, 0.1) is 0 Å². The molecular weight excluding hydrogens is 274 g/mol. The van der Waals surface area contributed by atoms with Gasteiger partial charge >= 0.3 is 0 Å². The Balaban J connectivity index is 1.51. The van der Waals surface area contributed by atoms with Crippen molar-refractivity contribution >= 4 is 11.6 Å². The number of nitrogens with one attached hydrogen (secondary N) is 1. The van der Waals surface area contributed by atoms with Crippen LogP contribution in [0.3, 0.4) is 0 Å². The van der Waals surface area contributed by atoms with Crippen molar-refractivity contribution in [2.45, 2.75) is 13.0 Å². The zero-order valence-corrected chi connectivity index (χ0v) is 11.8. The maximum atomic E-state index is 5.87. The van der Waals surface area contributed by atoms with Gasteiger partial charge in [-0.2, -0.15) is 0 Å². The Kier molecular flexibility index (Phi) is 4.09. The van der Waals surface area contributed by atoms with Gasteiger partial charge in [0.05, 0.1) is 0 Å². The molecule has 0 unspecified atom stereocenters. The van der Waals surface area contributed by atoms with Crippen LogP contribution in [-0.2, 0) is 13.0 Å².